The summed E-state index contributed by atoms with van der Waals surface area (Å²) in [7, 11) is 0. The molecule has 0 spiro atoms. The Morgan fingerprint density at radius 2 is 1.61 bits per heavy atom. The third kappa shape index (κ3) is 2.82. The maximum atomic E-state index is 13.0. The maximum absolute atomic E-state index is 13.0. The van der Waals surface area contributed by atoms with Crippen LogP contribution >= 0.6 is 0 Å². The van der Waals surface area contributed by atoms with Crippen LogP contribution in [-0.2, 0) is 18.8 Å². The lowest BCUT2D eigenvalue weighted by Gasteiger charge is -2.19. The third-order valence-corrected chi connectivity index (χ3v) is 3.55. The SMILES string of the molecule is FC(F)(F)c1ccc(N2CCc3c2cccc3C(F)(F)F)nn1. The zero-order valence-electron chi connectivity index (χ0n) is 11.4. The van der Waals surface area contributed by atoms with Crippen molar-refractivity contribution in [3.8, 4) is 0 Å². The van der Waals surface area contributed by atoms with E-state index in [2.05, 4.69) is 10.2 Å². The highest BCUT2D eigenvalue weighted by Crippen LogP contribution is 2.41. The summed E-state index contributed by atoms with van der Waals surface area (Å²) in [6, 6.07) is 5.59. The molecule has 1 aliphatic rings. The molecule has 0 aliphatic carbocycles. The summed E-state index contributed by atoms with van der Waals surface area (Å²) in [6.45, 7) is 0.197. The molecule has 23 heavy (non-hydrogen) atoms. The van der Waals surface area contributed by atoms with Crippen LogP contribution in [0.5, 0.6) is 0 Å². The number of fused-ring (bicyclic) bond motifs is 1. The van der Waals surface area contributed by atoms with Gasteiger partial charge in [0, 0.05) is 12.2 Å². The molecule has 0 bridgehead atoms. The minimum Gasteiger partial charge on any atom is -0.324 e. The fourth-order valence-corrected chi connectivity index (χ4v) is 2.56. The Hall–Kier alpha value is -2.32. The summed E-state index contributed by atoms with van der Waals surface area (Å²) in [5, 5.41) is 6.59. The molecule has 0 N–H and O–H groups in total. The van der Waals surface area contributed by atoms with Crippen molar-refractivity contribution >= 4 is 11.5 Å². The summed E-state index contributed by atoms with van der Waals surface area (Å²) in [5.41, 5.74) is -1.49. The van der Waals surface area contributed by atoms with Gasteiger partial charge in [-0.05, 0) is 36.2 Å². The van der Waals surface area contributed by atoms with Crippen LogP contribution in [0.4, 0.5) is 37.8 Å². The predicted molar refractivity (Wildman–Crippen MR) is 69.2 cm³/mol. The van der Waals surface area contributed by atoms with Crippen molar-refractivity contribution in [1.82, 2.24) is 10.2 Å². The highest BCUT2D eigenvalue weighted by Gasteiger charge is 2.37. The summed E-state index contributed by atoms with van der Waals surface area (Å²) >= 11 is 0. The van der Waals surface area contributed by atoms with Crippen molar-refractivity contribution in [2.75, 3.05) is 11.4 Å². The Bertz CT molecular complexity index is 721. The van der Waals surface area contributed by atoms with Gasteiger partial charge >= 0.3 is 12.4 Å². The van der Waals surface area contributed by atoms with Crippen molar-refractivity contribution in [2.45, 2.75) is 18.8 Å². The Morgan fingerprint density at radius 3 is 2.17 bits per heavy atom. The smallest absolute Gasteiger partial charge is 0.324 e. The molecule has 0 amide bonds. The molecule has 122 valence electrons. The molecular formula is C14H9F6N3. The summed E-state index contributed by atoms with van der Waals surface area (Å²) in [6.07, 6.45) is -8.96. The summed E-state index contributed by atoms with van der Waals surface area (Å²) < 4.78 is 76.4. The maximum Gasteiger partial charge on any atom is 0.435 e. The summed E-state index contributed by atoms with van der Waals surface area (Å²) in [4.78, 5) is 1.43. The van der Waals surface area contributed by atoms with Gasteiger partial charge in [0.15, 0.2) is 11.5 Å². The van der Waals surface area contributed by atoms with Gasteiger partial charge in [0.05, 0.1) is 5.56 Å². The van der Waals surface area contributed by atoms with Crippen LogP contribution in [0.25, 0.3) is 0 Å². The Kier molecular flexibility index (Phi) is 3.46. The highest BCUT2D eigenvalue weighted by atomic mass is 19.4. The van der Waals surface area contributed by atoms with Crippen LogP contribution in [0, 0.1) is 0 Å². The standard InChI is InChI=1S/C14H9F6N3/c15-13(16,17)9-2-1-3-10-8(9)6-7-23(10)12-5-4-11(21-22-12)14(18,19)20/h1-5H,6-7H2. The van der Waals surface area contributed by atoms with Crippen LogP contribution in [0.3, 0.4) is 0 Å². The van der Waals surface area contributed by atoms with E-state index in [1.165, 1.54) is 17.0 Å². The van der Waals surface area contributed by atoms with Crippen molar-refractivity contribution in [3.63, 3.8) is 0 Å². The summed E-state index contributed by atoms with van der Waals surface area (Å²) in [5.74, 6) is 0.0797. The van der Waals surface area contributed by atoms with E-state index in [0.717, 1.165) is 18.2 Å². The molecule has 9 heteroatoms. The number of hydrogen-bond donors (Lipinski definition) is 0. The number of halogens is 6. The Labute approximate surface area is 126 Å². The van der Waals surface area contributed by atoms with Crippen LogP contribution in [0.1, 0.15) is 16.8 Å². The number of rotatable bonds is 1. The van der Waals surface area contributed by atoms with Gasteiger partial charge in [-0.15, -0.1) is 10.2 Å². The molecule has 2 heterocycles. The van der Waals surface area contributed by atoms with Crippen molar-refractivity contribution < 1.29 is 26.3 Å². The van der Waals surface area contributed by atoms with E-state index in [4.69, 9.17) is 0 Å². The van der Waals surface area contributed by atoms with E-state index < -0.39 is 23.6 Å². The molecule has 3 nitrogen and oxygen atoms in total. The van der Waals surface area contributed by atoms with Gasteiger partial charge < -0.3 is 4.90 Å². The normalized spacial score (nSPS) is 15.0. The lowest BCUT2D eigenvalue weighted by Crippen LogP contribution is -2.17. The topological polar surface area (TPSA) is 29.0 Å². The molecular weight excluding hydrogens is 324 g/mol. The quantitative estimate of drug-likeness (QED) is 0.732. The molecule has 1 aliphatic heterocycles. The molecule has 0 saturated heterocycles. The van der Waals surface area contributed by atoms with E-state index in [1.54, 1.807) is 0 Å². The molecule has 0 atom stereocenters. The Morgan fingerprint density at radius 1 is 0.870 bits per heavy atom. The lowest BCUT2D eigenvalue weighted by atomic mass is 10.0. The lowest BCUT2D eigenvalue weighted by molar-refractivity contribution is -0.141. The fraction of sp³-hybridized carbons (Fsp3) is 0.286. The molecule has 1 aromatic heterocycles. The Balaban J connectivity index is 1.97. The number of alkyl halides is 6. The zero-order valence-corrected chi connectivity index (χ0v) is 11.4. The molecule has 0 radical (unpaired) electrons. The average molecular weight is 333 g/mol. The second kappa shape index (κ2) is 5.10. The van der Waals surface area contributed by atoms with Crippen LogP contribution in [0.15, 0.2) is 30.3 Å². The molecule has 0 unspecified atom stereocenters. The van der Waals surface area contributed by atoms with Crippen LogP contribution in [-0.4, -0.2) is 16.7 Å². The first-order chi connectivity index (χ1) is 10.7. The second-order valence-corrected chi connectivity index (χ2v) is 4.98. The van der Waals surface area contributed by atoms with Gasteiger partial charge in [-0.2, -0.15) is 26.3 Å². The van der Waals surface area contributed by atoms with Crippen molar-refractivity contribution in [3.05, 3.63) is 47.2 Å². The first-order valence-electron chi connectivity index (χ1n) is 6.55. The second-order valence-electron chi connectivity index (χ2n) is 4.98. The number of aromatic nitrogens is 2. The van der Waals surface area contributed by atoms with Gasteiger partial charge in [0.1, 0.15) is 0 Å². The van der Waals surface area contributed by atoms with Crippen molar-refractivity contribution in [2.24, 2.45) is 0 Å². The number of hydrogen-bond acceptors (Lipinski definition) is 3. The first kappa shape index (κ1) is 15.6. The van der Waals surface area contributed by atoms with E-state index in [0.29, 0.717) is 0 Å². The third-order valence-electron chi connectivity index (χ3n) is 3.55. The highest BCUT2D eigenvalue weighted by molar-refractivity contribution is 5.69. The number of anilines is 2. The number of benzene rings is 1. The van der Waals surface area contributed by atoms with Gasteiger partial charge in [-0.1, -0.05) is 6.07 Å². The van der Waals surface area contributed by atoms with E-state index >= 15 is 0 Å². The van der Waals surface area contributed by atoms with E-state index in [9.17, 15) is 26.3 Å². The van der Waals surface area contributed by atoms with Gasteiger partial charge in [-0.25, -0.2) is 0 Å². The van der Waals surface area contributed by atoms with Gasteiger partial charge in [0.2, 0.25) is 0 Å². The van der Waals surface area contributed by atoms with Crippen LogP contribution in [0.2, 0.25) is 0 Å². The monoisotopic (exact) mass is 333 g/mol. The van der Waals surface area contributed by atoms with E-state index in [-0.39, 0.29) is 30.0 Å². The fourth-order valence-electron chi connectivity index (χ4n) is 2.56. The first-order valence-corrected chi connectivity index (χ1v) is 6.55. The largest absolute Gasteiger partial charge is 0.435 e. The zero-order chi connectivity index (χ0) is 16.8. The van der Waals surface area contributed by atoms with E-state index in [1.807, 2.05) is 0 Å². The van der Waals surface area contributed by atoms with Crippen molar-refractivity contribution in [1.29, 1.82) is 0 Å². The van der Waals surface area contributed by atoms with Gasteiger partial charge in [-0.3, -0.25) is 0 Å². The minimum atomic E-state index is -4.61. The number of nitrogens with zero attached hydrogens (tertiary/aromatic N) is 3. The molecule has 0 saturated carbocycles. The molecule has 0 fully saturated rings. The molecule has 3 rings (SSSR count). The van der Waals surface area contributed by atoms with Gasteiger partial charge in [0.25, 0.3) is 0 Å². The average Bonchev–Trinajstić information content (AvgIpc) is 2.89. The molecule has 1 aromatic carbocycles. The minimum absolute atomic E-state index is 0.0797. The van der Waals surface area contributed by atoms with Crippen LogP contribution < -0.4 is 4.90 Å². The molecule has 2 aromatic rings. The predicted octanol–water partition coefficient (Wildman–Crippen LogP) is 4.21.